The van der Waals surface area contributed by atoms with Gasteiger partial charge in [0.25, 0.3) is 5.91 Å². The number of para-hydroxylation sites is 1. The highest BCUT2D eigenvalue weighted by Gasteiger charge is 2.25. The van der Waals surface area contributed by atoms with Gasteiger partial charge in [0, 0.05) is 44.6 Å². The Morgan fingerprint density at radius 1 is 1.11 bits per heavy atom. The molecule has 1 aliphatic heterocycles. The number of nitrogens with zero attached hydrogens (tertiary/aromatic N) is 5. The Balaban J connectivity index is 1.73. The molecular formula is C20H25N5O3. The maximum Gasteiger partial charge on any atom is 0.409 e. The summed E-state index contributed by atoms with van der Waals surface area (Å²) < 4.78 is 5.05. The van der Waals surface area contributed by atoms with Gasteiger partial charge in [0.2, 0.25) is 5.95 Å². The van der Waals surface area contributed by atoms with E-state index >= 15 is 0 Å². The average molecular weight is 383 g/mol. The molecule has 3 rings (SSSR count). The first kappa shape index (κ1) is 19.6. The fourth-order valence-electron chi connectivity index (χ4n) is 3.05. The first-order chi connectivity index (χ1) is 13.5. The predicted octanol–water partition coefficient (Wildman–Crippen LogP) is 2.34. The van der Waals surface area contributed by atoms with E-state index in [0.29, 0.717) is 44.4 Å². The molecule has 1 fully saturated rings. The lowest BCUT2D eigenvalue weighted by molar-refractivity contribution is 0.0988. The van der Waals surface area contributed by atoms with Gasteiger partial charge in [0.1, 0.15) is 5.69 Å². The quantitative estimate of drug-likeness (QED) is 0.806. The third-order valence-electron chi connectivity index (χ3n) is 4.60. The standard InChI is InChI=1S/C20H25N5O3/c1-4-28-20(27)25-12-10-24(11-13-25)19-21-15(2)14-17(22-19)18(26)23(3)16-8-6-5-7-9-16/h5-9,14H,4,10-13H2,1-3H3. The zero-order valence-electron chi connectivity index (χ0n) is 16.5. The minimum atomic E-state index is -0.298. The number of amides is 2. The van der Waals surface area contributed by atoms with Crippen LogP contribution in [0, 0.1) is 6.92 Å². The van der Waals surface area contributed by atoms with Crippen LogP contribution in [0.25, 0.3) is 0 Å². The van der Waals surface area contributed by atoms with Crippen LogP contribution in [0.15, 0.2) is 36.4 Å². The molecule has 0 N–H and O–H groups in total. The van der Waals surface area contributed by atoms with Crippen LogP contribution in [-0.2, 0) is 4.74 Å². The number of hydrogen-bond donors (Lipinski definition) is 0. The third-order valence-corrected chi connectivity index (χ3v) is 4.60. The second kappa shape index (κ2) is 8.69. The number of anilines is 2. The number of aryl methyl sites for hydroxylation is 1. The fraction of sp³-hybridized carbons (Fsp3) is 0.400. The molecule has 1 saturated heterocycles. The van der Waals surface area contributed by atoms with Crippen molar-refractivity contribution < 1.29 is 14.3 Å². The van der Waals surface area contributed by atoms with Crippen LogP contribution in [0.1, 0.15) is 23.1 Å². The Labute approximate surface area is 164 Å². The van der Waals surface area contributed by atoms with E-state index in [9.17, 15) is 9.59 Å². The van der Waals surface area contributed by atoms with Crippen molar-refractivity contribution in [3.63, 3.8) is 0 Å². The number of carbonyl (C=O) groups is 2. The van der Waals surface area contributed by atoms with Crippen molar-refractivity contribution in [3.05, 3.63) is 47.8 Å². The molecule has 0 spiro atoms. The summed E-state index contributed by atoms with van der Waals surface area (Å²) in [7, 11) is 1.73. The van der Waals surface area contributed by atoms with E-state index in [-0.39, 0.29) is 12.0 Å². The first-order valence-corrected chi connectivity index (χ1v) is 9.35. The summed E-state index contributed by atoms with van der Waals surface area (Å²) in [5, 5.41) is 0. The average Bonchev–Trinajstić information content (AvgIpc) is 2.73. The Bertz CT molecular complexity index is 835. The summed E-state index contributed by atoms with van der Waals surface area (Å²) >= 11 is 0. The van der Waals surface area contributed by atoms with Gasteiger partial charge in [-0.15, -0.1) is 0 Å². The van der Waals surface area contributed by atoms with E-state index in [1.54, 1.807) is 29.8 Å². The summed E-state index contributed by atoms with van der Waals surface area (Å²) in [5.41, 5.74) is 1.87. The minimum Gasteiger partial charge on any atom is -0.450 e. The van der Waals surface area contributed by atoms with E-state index in [1.165, 1.54) is 0 Å². The Kier molecular flexibility index (Phi) is 6.08. The molecule has 0 unspecified atom stereocenters. The van der Waals surface area contributed by atoms with E-state index in [1.807, 2.05) is 42.2 Å². The molecule has 0 aliphatic carbocycles. The van der Waals surface area contributed by atoms with Crippen LogP contribution in [0.3, 0.4) is 0 Å². The number of aromatic nitrogens is 2. The maximum absolute atomic E-state index is 12.9. The van der Waals surface area contributed by atoms with Crippen molar-refractivity contribution in [3.8, 4) is 0 Å². The monoisotopic (exact) mass is 383 g/mol. The highest BCUT2D eigenvalue weighted by Crippen LogP contribution is 2.17. The van der Waals surface area contributed by atoms with Crippen molar-refractivity contribution in [1.82, 2.24) is 14.9 Å². The predicted molar refractivity (Wildman–Crippen MR) is 107 cm³/mol. The zero-order chi connectivity index (χ0) is 20.1. The molecular weight excluding hydrogens is 358 g/mol. The van der Waals surface area contributed by atoms with Crippen molar-refractivity contribution in [2.75, 3.05) is 49.6 Å². The maximum atomic E-state index is 12.9. The Morgan fingerprint density at radius 2 is 1.79 bits per heavy atom. The van der Waals surface area contributed by atoms with Crippen LogP contribution in [0.5, 0.6) is 0 Å². The van der Waals surface area contributed by atoms with Crippen molar-refractivity contribution >= 4 is 23.6 Å². The molecule has 2 aromatic rings. The summed E-state index contributed by atoms with van der Waals surface area (Å²) in [4.78, 5) is 39.0. The van der Waals surface area contributed by atoms with Crippen LogP contribution in [0.2, 0.25) is 0 Å². The summed E-state index contributed by atoms with van der Waals surface area (Å²) in [6.45, 7) is 6.24. The summed E-state index contributed by atoms with van der Waals surface area (Å²) in [6.07, 6.45) is -0.298. The molecule has 0 bridgehead atoms. The van der Waals surface area contributed by atoms with Crippen LogP contribution >= 0.6 is 0 Å². The first-order valence-electron chi connectivity index (χ1n) is 9.35. The van der Waals surface area contributed by atoms with E-state index < -0.39 is 0 Å². The minimum absolute atomic E-state index is 0.192. The molecule has 8 nitrogen and oxygen atoms in total. The van der Waals surface area contributed by atoms with Gasteiger partial charge in [0.15, 0.2) is 0 Å². The van der Waals surface area contributed by atoms with E-state index in [2.05, 4.69) is 9.97 Å². The SMILES string of the molecule is CCOC(=O)N1CCN(c2nc(C)cc(C(=O)N(C)c3ccccc3)n2)CC1. The second-order valence-electron chi connectivity index (χ2n) is 6.57. The molecule has 8 heteroatoms. The molecule has 1 aliphatic rings. The lowest BCUT2D eigenvalue weighted by atomic mass is 10.2. The van der Waals surface area contributed by atoms with Crippen LogP contribution in [-0.4, -0.2) is 66.7 Å². The normalized spacial score (nSPS) is 14.0. The Hall–Kier alpha value is -3.16. The van der Waals surface area contributed by atoms with Gasteiger partial charge in [0.05, 0.1) is 6.61 Å². The van der Waals surface area contributed by atoms with Crippen molar-refractivity contribution in [2.45, 2.75) is 13.8 Å². The fourth-order valence-corrected chi connectivity index (χ4v) is 3.05. The smallest absolute Gasteiger partial charge is 0.409 e. The van der Waals surface area contributed by atoms with Crippen LogP contribution in [0.4, 0.5) is 16.4 Å². The molecule has 1 aromatic heterocycles. The highest BCUT2D eigenvalue weighted by atomic mass is 16.6. The summed E-state index contributed by atoms with van der Waals surface area (Å²) in [5.74, 6) is 0.316. The molecule has 0 atom stereocenters. The van der Waals surface area contributed by atoms with Crippen molar-refractivity contribution in [2.24, 2.45) is 0 Å². The summed E-state index contributed by atoms with van der Waals surface area (Å²) in [6, 6.07) is 11.1. The Morgan fingerprint density at radius 3 is 2.43 bits per heavy atom. The topological polar surface area (TPSA) is 78.9 Å². The van der Waals surface area contributed by atoms with Gasteiger partial charge >= 0.3 is 6.09 Å². The largest absolute Gasteiger partial charge is 0.450 e. The van der Waals surface area contributed by atoms with E-state index in [4.69, 9.17) is 4.74 Å². The number of piperazine rings is 1. The highest BCUT2D eigenvalue weighted by molar-refractivity contribution is 6.04. The van der Waals surface area contributed by atoms with Gasteiger partial charge in [-0.2, -0.15) is 0 Å². The molecule has 1 aromatic carbocycles. The van der Waals surface area contributed by atoms with Gasteiger partial charge in [-0.3, -0.25) is 4.79 Å². The lowest BCUT2D eigenvalue weighted by Crippen LogP contribution is -2.49. The second-order valence-corrected chi connectivity index (χ2v) is 6.57. The molecule has 148 valence electrons. The van der Waals surface area contributed by atoms with Gasteiger partial charge in [-0.1, -0.05) is 18.2 Å². The number of benzene rings is 1. The number of ether oxygens (including phenoxy) is 1. The number of rotatable bonds is 4. The third kappa shape index (κ3) is 4.39. The van der Waals surface area contributed by atoms with Crippen molar-refractivity contribution in [1.29, 1.82) is 0 Å². The zero-order valence-corrected chi connectivity index (χ0v) is 16.5. The number of carbonyl (C=O) groups excluding carboxylic acids is 2. The lowest BCUT2D eigenvalue weighted by Gasteiger charge is -2.34. The van der Waals surface area contributed by atoms with Gasteiger partial charge in [-0.05, 0) is 32.0 Å². The number of hydrogen-bond acceptors (Lipinski definition) is 6. The van der Waals surface area contributed by atoms with E-state index in [0.717, 1.165) is 11.4 Å². The molecule has 2 heterocycles. The van der Waals surface area contributed by atoms with Gasteiger partial charge < -0.3 is 19.4 Å². The molecule has 0 saturated carbocycles. The molecule has 28 heavy (non-hydrogen) atoms. The van der Waals surface area contributed by atoms with Crippen LogP contribution < -0.4 is 9.80 Å². The van der Waals surface area contributed by atoms with Gasteiger partial charge in [-0.25, -0.2) is 14.8 Å². The molecule has 2 amide bonds. The molecule has 0 radical (unpaired) electrons.